The van der Waals surface area contributed by atoms with E-state index in [4.69, 9.17) is 0 Å². The Labute approximate surface area is 160 Å². The number of benzene rings is 1. The third kappa shape index (κ3) is 2.50. The highest BCUT2D eigenvalue weighted by molar-refractivity contribution is 6.04. The van der Waals surface area contributed by atoms with Crippen molar-refractivity contribution in [1.29, 1.82) is 0 Å². The van der Waals surface area contributed by atoms with Gasteiger partial charge < -0.3 is 9.47 Å². The lowest BCUT2D eigenvalue weighted by Crippen LogP contribution is -2.49. The number of rotatable bonds is 1. The van der Waals surface area contributed by atoms with Crippen LogP contribution >= 0.6 is 0 Å². The van der Waals surface area contributed by atoms with Crippen molar-refractivity contribution < 1.29 is 4.79 Å². The fraction of sp³-hybridized carbons (Fsp3) is 0.333. The van der Waals surface area contributed by atoms with Gasteiger partial charge in [0.25, 0.3) is 17.0 Å². The molecule has 7 nitrogen and oxygen atoms in total. The van der Waals surface area contributed by atoms with Gasteiger partial charge in [-0.3, -0.25) is 14.4 Å². The third-order valence-electron chi connectivity index (χ3n) is 5.93. The van der Waals surface area contributed by atoms with Crippen molar-refractivity contribution in [3.05, 3.63) is 74.6 Å². The number of hydrogen-bond acceptors (Lipinski definition) is 4. The molecule has 28 heavy (non-hydrogen) atoms. The molecule has 0 spiro atoms. The first-order chi connectivity index (χ1) is 13.5. The molecule has 1 amide bonds. The number of likely N-dealkylation sites (tertiary alicyclic amines) is 1. The second kappa shape index (κ2) is 6.15. The number of aromatic nitrogens is 3. The topological polar surface area (TPSA) is 77.2 Å². The predicted octanol–water partition coefficient (Wildman–Crippen LogP) is 1.35. The first-order valence-corrected chi connectivity index (χ1v) is 9.48. The number of pyridine rings is 1. The lowest BCUT2D eigenvalue weighted by molar-refractivity contribution is 0.0588. The zero-order chi connectivity index (χ0) is 19.4. The number of carbonyl (C=O) groups excluding carboxylic acids is 1. The van der Waals surface area contributed by atoms with Crippen LogP contribution in [0.2, 0.25) is 0 Å². The number of carbonyl (C=O) groups is 1. The van der Waals surface area contributed by atoms with Crippen molar-refractivity contribution >= 4 is 16.7 Å². The first kappa shape index (κ1) is 16.9. The smallest absolute Gasteiger partial charge is 0.274 e. The molecule has 2 aromatic heterocycles. The molecule has 0 saturated carbocycles. The standard InChI is InChI=1S/C21H20N4O3/c1-23-20(27)16-6-3-2-5-15(16)19(22-23)21(28)24-10-13-9-14(12-24)17-7-4-8-18(26)25(17)11-13/h2-8,13-14H,9-12H2,1H3. The molecule has 4 heterocycles. The number of amides is 1. The molecule has 1 fully saturated rings. The summed E-state index contributed by atoms with van der Waals surface area (Å²) in [6, 6.07) is 12.5. The molecule has 2 unspecified atom stereocenters. The van der Waals surface area contributed by atoms with Gasteiger partial charge in [0, 0.05) is 49.7 Å². The first-order valence-electron chi connectivity index (χ1n) is 9.48. The molecule has 2 bridgehead atoms. The summed E-state index contributed by atoms with van der Waals surface area (Å²) < 4.78 is 3.08. The van der Waals surface area contributed by atoms with Crippen molar-refractivity contribution in [3.8, 4) is 0 Å². The number of aryl methyl sites for hydroxylation is 1. The molecule has 1 aromatic carbocycles. The molecule has 2 aliphatic heterocycles. The third-order valence-corrected chi connectivity index (χ3v) is 5.93. The molecule has 2 atom stereocenters. The summed E-state index contributed by atoms with van der Waals surface area (Å²) in [5.41, 5.74) is 1.12. The summed E-state index contributed by atoms with van der Waals surface area (Å²) in [5, 5.41) is 5.37. The van der Waals surface area contributed by atoms with Gasteiger partial charge in [-0.2, -0.15) is 5.10 Å². The van der Waals surface area contributed by atoms with Gasteiger partial charge in [0.1, 0.15) is 0 Å². The van der Waals surface area contributed by atoms with Crippen LogP contribution in [0.3, 0.4) is 0 Å². The summed E-state index contributed by atoms with van der Waals surface area (Å²) in [6.45, 7) is 1.78. The van der Waals surface area contributed by atoms with Crippen LogP contribution in [-0.2, 0) is 13.6 Å². The Morgan fingerprint density at radius 2 is 1.79 bits per heavy atom. The van der Waals surface area contributed by atoms with Crippen molar-refractivity contribution in [2.75, 3.05) is 13.1 Å². The van der Waals surface area contributed by atoms with Gasteiger partial charge in [0.2, 0.25) is 0 Å². The van der Waals surface area contributed by atoms with Crippen LogP contribution < -0.4 is 11.1 Å². The van der Waals surface area contributed by atoms with Gasteiger partial charge in [-0.1, -0.05) is 24.3 Å². The largest absolute Gasteiger partial charge is 0.336 e. The maximum Gasteiger partial charge on any atom is 0.274 e. The minimum Gasteiger partial charge on any atom is -0.336 e. The number of piperidine rings is 1. The van der Waals surface area contributed by atoms with Crippen LogP contribution in [0.4, 0.5) is 0 Å². The Morgan fingerprint density at radius 1 is 1.00 bits per heavy atom. The fourth-order valence-corrected chi connectivity index (χ4v) is 4.67. The normalized spacial score (nSPS) is 20.8. The second-order valence-corrected chi connectivity index (χ2v) is 7.73. The van der Waals surface area contributed by atoms with Crippen LogP contribution in [0.1, 0.15) is 28.5 Å². The summed E-state index contributed by atoms with van der Waals surface area (Å²) in [4.78, 5) is 39.7. The van der Waals surface area contributed by atoms with Gasteiger partial charge >= 0.3 is 0 Å². The van der Waals surface area contributed by atoms with Crippen molar-refractivity contribution in [3.63, 3.8) is 0 Å². The Hall–Kier alpha value is -3.22. The van der Waals surface area contributed by atoms with E-state index in [9.17, 15) is 14.4 Å². The number of nitrogens with zero attached hydrogens (tertiary/aromatic N) is 4. The summed E-state index contributed by atoms with van der Waals surface area (Å²) in [5.74, 6) is 0.228. The van der Waals surface area contributed by atoms with Crippen LogP contribution in [-0.4, -0.2) is 38.2 Å². The fourth-order valence-electron chi connectivity index (χ4n) is 4.67. The van der Waals surface area contributed by atoms with E-state index in [2.05, 4.69) is 5.10 Å². The van der Waals surface area contributed by atoms with E-state index < -0.39 is 0 Å². The maximum absolute atomic E-state index is 13.4. The number of fused-ring (bicyclic) bond motifs is 5. The summed E-state index contributed by atoms with van der Waals surface area (Å²) >= 11 is 0. The zero-order valence-corrected chi connectivity index (χ0v) is 15.5. The van der Waals surface area contributed by atoms with Gasteiger partial charge in [0.05, 0.1) is 5.39 Å². The maximum atomic E-state index is 13.4. The molecule has 142 valence electrons. The molecular formula is C21H20N4O3. The van der Waals surface area contributed by atoms with Gasteiger partial charge in [-0.05, 0) is 24.5 Å². The van der Waals surface area contributed by atoms with Crippen molar-refractivity contribution in [2.24, 2.45) is 13.0 Å². The Bertz CT molecular complexity index is 1230. The van der Waals surface area contributed by atoms with Crippen LogP contribution in [0.5, 0.6) is 0 Å². The van der Waals surface area contributed by atoms with Crippen molar-refractivity contribution in [2.45, 2.75) is 18.9 Å². The molecule has 2 aliphatic rings. The van der Waals surface area contributed by atoms with E-state index in [1.54, 1.807) is 37.4 Å². The molecule has 0 aliphatic carbocycles. The molecule has 7 heteroatoms. The Morgan fingerprint density at radius 3 is 2.61 bits per heavy atom. The van der Waals surface area contributed by atoms with Gasteiger partial charge in [-0.15, -0.1) is 0 Å². The molecule has 0 N–H and O–H groups in total. The minimum atomic E-state index is -0.212. The quantitative estimate of drug-likeness (QED) is 0.642. The Balaban J connectivity index is 1.55. The average Bonchev–Trinajstić information content (AvgIpc) is 2.71. The predicted molar refractivity (Wildman–Crippen MR) is 104 cm³/mol. The highest BCUT2D eigenvalue weighted by Gasteiger charge is 2.37. The van der Waals surface area contributed by atoms with E-state index in [1.807, 2.05) is 21.6 Å². The molecule has 5 rings (SSSR count). The Kier molecular flexibility index (Phi) is 3.72. The minimum absolute atomic E-state index is 0.0256. The lowest BCUT2D eigenvalue weighted by atomic mass is 9.83. The van der Waals surface area contributed by atoms with Crippen molar-refractivity contribution in [1.82, 2.24) is 19.2 Å². The lowest BCUT2D eigenvalue weighted by Gasteiger charge is -2.42. The number of hydrogen-bond donors (Lipinski definition) is 0. The van der Waals surface area contributed by atoms with E-state index >= 15 is 0 Å². The highest BCUT2D eigenvalue weighted by atomic mass is 16.2. The molecule has 1 saturated heterocycles. The van der Waals surface area contributed by atoms with Gasteiger partial charge in [0.15, 0.2) is 5.69 Å². The van der Waals surface area contributed by atoms with Crippen LogP contribution in [0.25, 0.3) is 10.8 Å². The molecular weight excluding hydrogens is 356 g/mol. The summed E-state index contributed by atoms with van der Waals surface area (Å²) in [7, 11) is 1.57. The van der Waals surface area contributed by atoms with E-state index in [0.717, 1.165) is 12.1 Å². The van der Waals surface area contributed by atoms with E-state index in [1.165, 1.54) is 4.68 Å². The van der Waals surface area contributed by atoms with Gasteiger partial charge in [-0.25, -0.2) is 4.68 Å². The van der Waals surface area contributed by atoms with Crippen LogP contribution in [0.15, 0.2) is 52.1 Å². The average molecular weight is 376 g/mol. The highest BCUT2D eigenvalue weighted by Crippen LogP contribution is 2.35. The SMILES string of the molecule is Cn1nc(C(=O)N2CC3CC(C2)c2cccc(=O)n2C3)c2ccccc2c1=O. The molecule has 0 radical (unpaired) electrons. The molecule has 3 aromatic rings. The van der Waals surface area contributed by atoms with E-state index in [-0.39, 0.29) is 28.9 Å². The summed E-state index contributed by atoms with van der Waals surface area (Å²) in [6.07, 6.45) is 0.981. The second-order valence-electron chi connectivity index (χ2n) is 7.73. The van der Waals surface area contributed by atoms with Crippen LogP contribution in [0, 0.1) is 5.92 Å². The zero-order valence-electron chi connectivity index (χ0n) is 15.5. The van der Waals surface area contributed by atoms with E-state index in [0.29, 0.717) is 36.1 Å². The monoisotopic (exact) mass is 376 g/mol.